The summed E-state index contributed by atoms with van der Waals surface area (Å²) in [6, 6.07) is 6.74. The van der Waals surface area contributed by atoms with E-state index >= 15 is 0 Å². The maximum atomic E-state index is 12.2. The van der Waals surface area contributed by atoms with Crippen LogP contribution in [0.25, 0.3) is 10.4 Å². The van der Waals surface area contributed by atoms with Gasteiger partial charge in [0.1, 0.15) is 5.92 Å². The molecule has 118 valence electrons. The first-order valence-corrected chi connectivity index (χ1v) is 6.82. The van der Waals surface area contributed by atoms with E-state index in [2.05, 4.69) is 15.3 Å². The van der Waals surface area contributed by atoms with Crippen molar-refractivity contribution in [3.05, 3.63) is 40.3 Å². The number of benzene rings is 1. The Morgan fingerprint density at radius 3 is 2.41 bits per heavy atom. The van der Waals surface area contributed by atoms with Crippen LogP contribution in [-0.4, -0.2) is 17.0 Å². The van der Waals surface area contributed by atoms with Gasteiger partial charge in [0.15, 0.2) is 0 Å². The van der Waals surface area contributed by atoms with Gasteiger partial charge in [-0.1, -0.05) is 31.1 Å². The van der Waals surface area contributed by atoms with E-state index in [1.54, 1.807) is 24.3 Å². The van der Waals surface area contributed by atoms with Crippen molar-refractivity contribution >= 4 is 17.5 Å². The molecular formula is C14H19N5O3. The summed E-state index contributed by atoms with van der Waals surface area (Å²) in [5.74, 6) is -2.05. The van der Waals surface area contributed by atoms with Crippen LogP contribution in [0, 0.1) is 11.8 Å². The molecular weight excluding hydrogens is 286 g/mol. The standard InChI is InChI=1S/C14H19N5O3/c1-9(2)7-12(14(21)18-22)13(20)17-11-5-3-10(4-6-11)8-16-19-15/h3-6,9,12,22H,7-8H2,1-2H3,(H,17,20)(H,18,21). The Labute approximate surface area is 128 Å². The molecule has 1 aromatic carbocycles. The molecule has 0 saturated heterocycles. The predicted octanol–water partition coefficient (Wildman–Crippen LogP) is 2.60. The van der Waals surface area contributed by atoms with Crippen molar-refractivity contribution in [2.24, 2.45) is 17.0 Å². The molecule has 0 spiro atoms. The van der Waals surface area contributed by atoms with Crippen LogP contribution in [0.1, 0.15) is 25.8 Å². The van der Waals surface area contributed by atoms with E-state index < -0.39 is 17.7 Å². The van der Waals surface area contributed by atoms with Gasteiger partial charge in [0, 0.05) is 10.6 Å². The van der Waals surface area contributed by atoms with Gasteiger partial charge in [-0.3, -0.25) is 14.8 Å². The molecule has 8 heteroatoms. The molecule has 0 bridgehead atoms. The van der Waals surface area contributed by atoms with E-state index in [9.17, 15) is 9.59 Å². The molecule has 1 aromatic rings. The fraction of sp³-hybridized carbons (Fsp3) is 0.429. The minimum absolute atomic E-state index is 0.124. The molecule has 0 fully saturated rings. The van der Waals surface area contributed by atoms with Gasteiger partial charge in [-0.25, -0.2) is 5.48 Å². The molecule has 0 aromatic heterocycles. The zero-order chi connectivity index (χ0) is 16.5. The summed E-state index contributed by atoms with van der Waals surface area (Å²) in [6.07, 6.45) is 0.327. The van der Waals surface area contributed by atoms with Gasteiger partial charge in [-0.05, 0) is 35.6 Å². The molecule has 22 heavy (non-hydrogen) atoms. The quantitative estimate of drug-likeness (QED) is 0.179. The largest absolute Gasteiger partial charge is 0.325 e. The number of carbonyl (C=O) groups is 2. The highest BCUT2D eigenvalue weighted by molar-refractivity contribution is 6.06. The number of amides is 2. The van der Waals surface area contributed by atoms with Gasteiger partial charge in [-0.15, -0.1) is 0 Å². The monoisotopic (exact) mass is 305 g/mol. The Morgan fingerprint density at radius 1 is 1.27 bits per heavy atom. The lowest BCUT2D eigenvalue weighted by Gasteiger charge is -2.16. The minimum atomic E-state index is -0.965. The topological polar surface area (TPSA) is 127 Å². The highest BCUT2D eigenvalue weighted by atomic mass is 16.5. The Balaban J connectivity index is 2.75. The van der Waals surface area contributed by atoms with Crippen LogP contribution < -0.4 is 10.8 Å². The van der Waals surface area contributed by atoms with E-state index in [4.69, 9.17) is 10.7 Å². The number of anilines is 1. The van der Waals surface area contributed by atoms with Crippen LogP contribution in [0.2, 0.25) is 0 Å². The second kappa shape index (κ2) is 8.66. The van der Waals surface area contributed by atoms with Crippen molar-refractivity contribution in [2.75, 3.05) is 5.32 Å². The number of hydrogen-bond donors (Lipinski definition) is 3. The van der Waals surface area contributed by atoms with Crippen molar-refractivity contribution in [3.63, 3.8) is 0 Å². The molecule has 0 aliphatic carbocycles. The second-order valence-corrected chi connectivity index (χ2v) is 5.23. The maximum Gasteiger partial charge on any atom is 0.255 e. The molecule has 0 aliphatic heterocycles. The first-order chi connectivity index (χ1) is 10.5. The van der Waals surface area contributed by atoms with Crippen LogP contribution in [0.15, 0.2) is 29.4 Å². The number of carbonyl (C=O) groups excluding carboxylic acids is 2. The summed E-state index contributed by atoms with van der Waals surface area (Å²) in [7, 11) is 0. The lowest BCUT2D eigenvalue weighted by atomic mass is 9.95. The Hall–Kier alpha value is -2.57. The minimum Gasteiger partial charge on any atom is -0.325 e. The molecule has 1 unspecified atom stereocenters. The molecule has 0 radical (unpaired) electrons. The van der Waals surface area contributed by atoms with Crippen molar-refractivity contribution in [3.8, 4) is 0 Å². The molecule has 0 heterocycles. The second-order valence-electron chi connectivity index (χ2n) is 5.23. The zero-order valence-electron chi connectivity index (χ0n) is 12.5. The maximum absolute atomic E-state index is 12.2. The number of hydrogen-bond acceptors (Lipinski definition) is 4. The normalized spacial score (nSPS) is 11.5. The molecule has 0 aliphatic rings. The average Bonchev–Trinajstić information content (AvgIpc) is 2.51. The highest BCUT2D eigenvalue weighted by Gasteiger charge is 2.27. The Bertz CT molecular complexity index is 564. The predicted molar refractivity (Wildman–Crippen MR) is 80.8 cm³/mol. The van der Waals surface area contributed by atoms with Crippen molar-refractivity contribution in [2.45, 2.75) is 26.8 Å². The third-order valence-corrected chi connectivity index (χ3v) is 2.99. The first-order valence-electron chi connectivity index (χ1n) is 6.82. The average molecular weight is 305 g/mol. The van der Waals surface area contributed by atoms with E-state index in [-0.39, 0.29) is 12.5 Å². The van der Waals surface area contributed by atoms with Gasteiger partial charge in [0.25, 0.3) is 5.91 Å². The van der Waals surface area contributed by atoms with Crippen molar-refractivity contribution in [1.29, 1.82) is 0 Å². The van der Waals surface area contributed by atoms with Crippen LogP contribution in [-0.2, 0) is 16.1 Å². The van der Waals surface area contributed by atoms with Gasteiger partial charge < -0.3 is 5.32 Å². The van der Waals surface area contributed by atoms with E-state index in [0.717, 1.165) is 5.56 Å². The molecule has 8 nitrogen and oxygen atoms in total. The SMILES string of the molecule is CC(C)CC(C(=O)NO)C(=O)Nc1ccc(CN=[N+]=[N-])cc1. The number of rotatable bonds is 7. The van der Waals surface area contributed by atoms with Crippen LogP contribution >= 0.6 is 0 Å². The van der Waals surface area contributed by atoms with Crippen molar-refractivity contribution in [1.82, 2.24) is 5.48 Å². The number of hydroxylamine groups is 1. The van der Waals surface area contributed by atoms with E-state index in [1.807, 2.05) is 13.8 Å². The van der Waals surface area contributed by atoms with Crippen LogP contribution in [0.4, 0.5) is 5.69 Å². The summed E-state index contributed by atoms with van der Waals surface area (Å²) in [5.41, 5.74) is 11.1. The zero-order valence-corrected chi connectivity index (χ0v) is 12.5. The number of nitrogens with zero attached hydrogens (tertiary/aromatic N) is 3. The van der Waals surface area contributed by atoms with E-state index in [0.29, 0.717) is 12.1 Å². The molecule has 1 rings (SSSR count). The summed E-state index contributed by atoms with van der Waals surface area (Å²) in [6.45, 7) is 4.00. The molecule has 0 saturated carbocycles. The summed E-state index contributed by atoms with van der Waals surface area (Å²) < 4.78 is 0. The van der Waals surface area contributed by atoms with Gasteiger partial charge in [0.05, 0.1) is 6.54 Å². The molecule has 1 atom stereocenters. The van der Waals surface area contributed by atoms with Gasteiger partial charge in [-0.2, -0.15) is 0 Å². The highest BCUT2D eigenvalue weighted by Crippen LogP contribution is 2.16. The van der Waals surface area contributed by atoms with Crippen LogP contribution in [0.3, 0.4) is 0 Å². The van der Waals surface area contributed by atoms with Gasteiger partial charge in [0.2, 0.25) is 5.91 Å². The Kier molecular flexibility index (Phi) is 6.88. The van der Waals surface area contributed by atoms with Gasteiger partial charge >= 0.3 is 0 Å². The Morgan fingerprint density at radius 2 is 1.91 bits per heavy atom. The lowest BCUT2D eigenvalue weighted by molar-refractivity contribution is -0.139. The van der Waals surface area contributed by atoms with E-state index in [1.165, 1.54) is 5.48 Å². The molecule has 3 N–H and O–H groups in total. The van der Waals surface area contributed by atoms with Crippen molar-refractivity contribution < 1.29 is 14.8 Å². The summed E-state index contributed by atoms with van der Waals surface area (Å²) >= 11 is 0. The summed E-state index contributed by atoms with van der Waals surface area (Å²) in [4.78, 5) is 26.4. The third kappa shape index (κ3) is 5.43. The molecule has 2 amide bonds. The third-order valence-electron chi connectivity index (χ3n) is 2.99. The van der Waals surface area contributed by atoms with Crippen LogP contribution in [0.5, 0.6) is 0 Å². The fourth-order valence-corrected chi connectivity index (χ4v) is 1.92. The number of nitrogens with one attached hydrogen (secondary N) is 2. The number of azide groups is 1. The smallest absolute Gasteiger partial charge is 0.255 e. The first kappa shape index (κ1) is 17.5. The lowest BCUT2D eigenvalue weighted by Crippen LogP contribution is -2.37. The summed E-state index contributed by atoms with van der Waals surface area (Å²) in [5, 5.41) is 14.8. The fourth-order valence-electron chi connectivity index (χ4n) is 1.92.